The lowest BCUT2D eigenvalue weighted by molar-refractivity contribution is -0.121. The Labute approximate surface area is 200 Å². The average molecular weight is 469 g/mol. The van der Waals surface area contributed by atoms with Crippen LogP contribution in [0.5, 0.6) is 23.0 Å². The number of carbonyl (C=O) groups is 2. The Morgan fingerprint density at radius 1 is 0.735 bits per heavy atom. The van der Waals surface area contributed by atoms with Gasteiger partial charge in [-0.25, -0.2) is 0 Å². The molecule has 0 atom stereocenters. The zero-order valence-corrected chi connectivity index (χ0v) is 19.9. The summed E-state index contributed by atoms with van der Waals surface area (Å²) in [6, 6.07) is 10.7. The van der Waals surface area contributed by atoms with Crippen LogP contribution in [0.15, 0.2) is 48.6 Å². The fourth-order valence-electron chi connectivity index (χ4n) is 3.10. The summed E-state index contributed by atoms with van der Waals surface area (Å²) >= 11 is 0. The minimum atomic E-state index is -0.301. The number of hydrogen-bond acceptors (Lipinski definition) is 7. The number of benzene rings is 2. The molecule has 0 saturated carbocycles. The molecule has 2 aromatic carbocycles. The molecule has 0 amide bonds. The fourth-order valence-corrected chi connectivity index (χ4v) is 3.10. The van der Waals surface area contributed by atoms with Gasteiger partial charge in [-0.05, 0) is 66.8 Å². The number of allylic oxidation sites excluding steroid dienone is 2. The van der Waals surface area contributed by atoms with Gasteiger partial charge < -0.3 is 24.1 Å². The van der Waals surface area contributed by atoms with Crippen LogP contribution in [0, 0.1) is 0 Å². The van der Waals surface area contributed by atoms with Crippen LogP contribution in [0.1, 0.15) is 36.8 Å². The van der Waals surface area contributed by atoms with Crippen molar-refractivity contribution in [2.45, 2.75) is 25.7 Å². The van der Waals surface area contributed by atoms with E-state index in [1.165, 1.54) is 12.2 Å². The van der Waals surface area contributed by atoms with E-state index in [1.807, 2.05) is 6.07 Å². The third kappa shape index (κ3) is 8.75. The van der Waals surface area contributed by atoms with Crippen LogP contribution in [0.2, 0.25) is 0 Å². The first-order valence-corrected chi connectivity index (χ1v) is 11.1. The molecule has 2 aromatic rings. The Morgan fingerprint density at radius 2 is 1.26 bits per heavy atom. The van der Waals surface area contributed by atoms with Gasteiger partial charge in [0.25, 0.3) is 0 Å². The molecule has 0 fully saturated rings. The van der Waals surface area contributed by atoms with Crippen molar-refractivity contribution in [1.29, 1.82) is 0 Å². The number of unbranched alkanes of at least 4 members (excludes halogenated alkanes) is 2. The lowest BCUT2D eigenvalue weighted by Gasteiger charge is -2.11. The summed E-state index contributed by atoms with van der Waals surface area (Å²) in [7, 11) is 4.64. The van der Waals surface area contributed by atoms with Gasteiger partial charge in [-0.1, -0.05) is 24.3 Å². The highest BCUT2D eigenvalue weighted by Gasteiger charge is 2.07. The summed E-state index contributed by atoms with van der Waals surface area (Å²) < 4.78 is 21.6. The molecule has 0 unspecified atom stereocenters. The summed E-state index contributed by atoms with van der Waals surface area (Å²) in [5, 5.41) is 8.82. The predicted molar refractivity (Wildman–Crippen MR) is 132 cm³/mol. The van der Waals surface area contributed by atoms with E-state index in [-0.39, 0.29) is 24.6 Å². The van der Waals surface area contributed by atoms with E-state index in [9.17, 15) is 9.59 Å². The van der Waals surface area contributed by atoms with Gasteiger partial charge >= 0.3 is 0 Å². The molecule has 0 aromatic heterocycles. The highest BCUT2D eigenvalue weighted by Crippen LogP contribution is 2.29. The first kappa shape index (κ1) is 26.7. The monoisotopic (exact) mass is 468 g/mol. The van der Waals surface area contributed by atoms with Crippen molar-refractivity contribution >= 4 is 23.7 Å². The van der Waals surface area contributed by atoms with Crippen LogP contribution in [0.25, 0.3) is 12.2 Å². The van der Waals surface area contributed by atoms with Gasteiger partial charge in [0.05, 0.1) is 34.4 Å². The number of carbonyl (C=O) groups excluding carboxylic acids is 2. The molecule has 182 valence electrons. The molecule has 0 heterocycles. The van der Waals surface area contributed by atoms with Gasteiger partial charge in [0, 0.05) is 6.61 Å². The lowest BCUT2D eigenvalue weighted by Crippen LogP contribution is -2.02. The van der Waals surface area contributed by atoms with Crippen molar-refractivity contribution in [3.05, 3.63) is 59.7 Å². The second-order valence-corrected chi connectivity index (χ2v) is 7.43. The summed E-state index contributed by atoms with van der Waals surface area (Å²) in [4.78, 5) is 24.4. The average Bonchev–Trinajstić information content (AvgIpc) is 2.86. The Morgan fingerprint density at radius 3 is 1.79 bits per heavy atom. The van der Waals surface area contributed by atoms with E-state index in [0.717, 1.165) is 30.4 Å². The number of ketones is 2. The first-order chi connectivity index (χ1) is 16.5. The maximum absolute atomic E-state index is 12.2. The second kappa shape index (κ2) is 14.5. The second-order valence-electron chi connectivity index (χ2n) is 7.43. The van der Waals surface area contributed by atoms with Crippen molar-refractivity contribution in [1.82, 2.24) is 0 Å². The number of aliphatic hydroxyl groups is 1. The maximum atomic E-state index is 12.2. The Balaban J connectivity index is 1.91. The maximum Gasteiger partial charge on any atom is 0.163 e. The Hall–Kier alpha value is -3.58. The molecular weight excluding hydrogens is 436 g/mol. The molecule has 7 heteroatoms. The third-order valence-corrected chi connectivity index (χ3v) is 4.93. The predicted octanol–water partition coefficient (Wildman–Crippen LogP) is 4.51. The lowest BCUT2D eigenvalue weighted by atomic mass is 10.1. The highest BCUT2D eigenvalue weighted by atomic mass is 16.5. The molecule has 2 rings (SSSR count). The van der Waals surface area contributed by atoms with E-state index < -0.39 is 0 Å². The highest BCUT2D eigenvalue weighted by molar-refractivity contribution is 6.10. The Bertz CT molecular complexity index is 1010. The molecule has 0 aliphatic carbocycles. The number of aliphatic hydroxyl groups excluding tert-OH is 1. The van der Waals surface area contributed by atoms with Crippen molar-refractivity contribution in [2.24, 2.45) is 0 Å². The van der Waals surface area contributed by atoms with Crippen molar-refractivity contribution in [2.75, 3.05) is 34.5 Å². The summed E-state index contributed by atoms with van der Waals surface area (Å²) in [6.45, 7) is 0.714. The van der Waals surface area contributed by atoms with Crippen LogP contribution in [0.4, 0.5) is 0 Å². The number of ether oxygens (including phenoxy) is 4. The summed E-state index contributed by atoms with van der Waals surface area (Å²) in [6.07, 6.45) is 8.29. The molecule has 0 saturated heterocycles. The quantitative estimate of drug-likeness (QED) is 0.234. The van der Waals surface area contributed by atoms with Crippen molar-refractivity contribution < 1.29 is 33.6 Å². The van der Waals surface area contributed by atoms with Gasteiger partial charge in [-0.2, -0.15) is 0 Å². The van der Waals surface area contributed by atoms with Crippen LogP contribution in [-0.2, 0) is 9.59 Å². The molecular formula is C27H32O7. The molecule has 34 heavy (non-hydrogen) atoms. The smallest absolute Gasteiger partial charge is 0.163 e. The van der Waals surface area contributed by atoms with Crippen LogP contribution in [0.3, 0.4) is 0 Å². The summed E-state index contributed by atoms with van der Waals surface area (Å²) in [5.41, 5.74) is 1.52. The third-order valence-electron chi connectivity index (χ3n) is 4.93. The fraction of sp³-hybridized carbons (Fsp3) is 0.333. The van der Waals surface area contributed by atoms with Crippen LogP contribution < -0.4 is 18.9 Å². The van der Waals surface area contributed by atoms with Gasteiger partial charge in [-0.3, -0.25) is 9.59 Å². The van der Waals surface area contributed by atoms with Gasteiger partial charge in [0.2, 0.25) is 0 Å². The van der Waals surface area contributed by atoms with Crippen molar-refractivity contribution in [3.63, 3.8) is 0 Å². The van der Waals surface area contributed by atoms with Crippen LogP contribution >= 0.6 is 0 Å². The van der Waals surface area contributed by atoms with E-state index in [0.29, 0.717) is 29.6 Å². The van der Waals surface area contributed by atoms with Gasteiger partial charge in [-0.15, -0.1) is 0 Å². The molecule has 7 nitrogen and oxygen atoms in total. The molecule has 0 spiro atoms. The number of hydrogen-bond donors (Lipinski definition) is 1. The largest absolute Gasteiger partial charge is 0.493 e. The normalized spacial score (nSPS) is 11.1. The van der Waals surface area contributed by atoms with E-state index in [1.54, 1.807) is 63.8 Å². The molecule has 0 bridgehead atoms. The Kier molecular flexibility index (Phi) is 11.4. The molecule has 0 radical (unpaired) electrons. The standard InChI is InChI=1S/C27H32O7/c1-31-24-13-9-20(17-26(24)32-2)7-11-22(29)19-23(30)12-8-21-10-14-25(27(18-21)33-3)34-16-6-4-5-15-28/h7-14,17-18,28H,4-6,15-16,19H2,1-3H3/b11-7+,12-8+. The van der Waals surface area contributed by atoms with Gasteiger partial charge in [0.15, 0.2) is 34.6 Å². The minimum absolute atomic E-state index is 0.183. The van der Waals surface area contributed by atoms with E-state index >= 15 is 0 Å². The van der Waals surface area contributed by atoms with Crippen molar-refractivity contribution in [3.8, 4) is 23.0 Å². The molecule has 1 N–H and O–H groups in total. The van der Waals surface area contributed by atoms with Gasteiger partial charge in [0.1, 0.15) is 0 Å². The van der Waals surface area contributed by atoms with E-state index in [2.05, 4.69) is 0 Å². The summed E-state index contributed by atoms with van der Waals surface area (Å²) in [5.74, 6) is 1.73. The molecule has 0 aliphatic heterocycles. The first-order valence-electron chi connectivity index (χ1n) is 11.1. The topological polar surface area (TPSA) is 91.3 Å². The number of methoxy groups -OCH3 is 3. The van der Waals surface area contributed by atoms with Crippen LogP contribution in [-0.4, -0.2) is 51.2 Å². The SMILES string of the molecule is COc1ccc(/C=C/C(=O)CC(=O)/C=C/c2ccc(OCCCCCO)c(OC)c2)cc1OC. The number of rotatable bonds is 15. The minimum Gasteiger partial charge on any atom is -0.493 e. The zero-order chi connectivity index (χ0) is 24.8. The zero-order valence-electron chi connectivity index (χ0n) is 19.9. The van der Waals surface area contributed by atoms with E-state index in [4.69, 9.17) is 24.1 Å². The molecule has 0 aliphatic rings.